The summed E-state index contributed by atoms with van der Waals surface area (Å²) >= 11 is 0. The summed E-state index contributed by atoms with van der Waals surface area (Å²) in [6.45, 7) is 3.47. The zero-order chi connectivity index (χ0) is 17.1. The Hall–Kier alpha value is -2.96. The van der Waals surface area contributed by atoms with E-state index in [9.17, 15) is 8.78 Å². The Morgan fingerprint density at radius 3 is 2.67 bits per heavy atom. The van der Waals surface area contributed by atoms with Gasteiger partial charge in [0.1, 0.15) is 23.9 Å². The first-order chi connectivity index (χ1) is 11.5. The molecule has 0 radical (unpaired) electrons. The fourth-order valence-corrected chi connectivity index (χ4v) is 2.07. The summed E-state index contributed by atoms with van der Waals surface area (Å²) in [4.78, 5) is 16.8. The van der Waals surface area contributed by atoms with E-state index in [1.807, 2.05) is 6.92 Å². The molecule has 122 valence electrons. The highest BCUT2D eigenvalue weighted by Gasteiger charge is 2.13. The van der Waals surface area contributed by atoms with Crippen LogP contribution in [-0.2, 0) is 6.61 Å². The fraction of sp³-hybridized carbons (Fsp3) is 0.176. The Morgan fingerprint density at radius 2 is 1.92 bits per heavy atom. The van der Waals surface area contributed by atoms with Gasteiger partial charge in [0.25, 0.3) is 0 Å². The lowest BCUT2D eigenvalue weighted by atomic mass is 10.2. The molecule has 0 saturated carbocycles. The van der Waals surface area contributed by atoms with E-state index in [1.165, 1.54) is 6.20 Å². The molecule has 0 aliphatic heterocycles. The van der Waals surface area contributed by atoms with Crippen LogP contribution in [0.25, 0.3) is 11.5 Å². The van der Waals surface area contributed by atoms with E-state index in [1.54, 1.807) is 19.3 Å². The maximum absolute atomic E-state index is 13.7. The van der Waals surface area contributed by atoms with Crippen LogP contribution in [0.3, 0.4) is 0 Å². The standard InChI is InChI=1S/C17H14F2N4O/c1-10-11(2)22-16(15-8-20-5-6-21-15)23-17(10)24-9-12-7-13(18)3-4-14(12)19/h3-8H,9H2,1-2H3. The zero-order valence-corrected chi connectivity index (χ0v) is 13.1. The molecule has 0 aliphatic carbocycles. The van der Waals surface area contributed by atoms with Gasteiger partial charge in [0.2, 0.25) is 5.88 Å². The summed E-state index contributed by atoms with van der Waals surface area (Å²) in [5, 5.41) is 0. The molecule has 5 nitrogen and oxygen atoms in total. The Bertz CT molecular complexity index is 872. The Kier molecular flexibility index (Phi) is 4.41. The van der Waals surface area contributed by atoms with E-state index >= 15 is 0 Å². The second kappa shape index (κ2) is 6.66. The lowest BCUT2D eigenvalue weighted by Gasteiger charge is -2.12. The van der Waals surface area contributed by atoms with Gasteiger partial charge in [-0.3, -0.25) is 4.98 Å². The first-order valence-corrected chi connectivity index (χ1v) is 7.23. The van der Waals surface area contributed by atoms with Gasteiger partial charge >= 0.3 is 0 Å². The van der Waals surface area contributed by atoms with E-state index < -0.39 is 11.6 Å². The zero-order valence-electron chi connectivity index (χ0n) is 13.1. The fourth-order valence-electron chi connectivity index (χ4n) is 2.07. The molecule has 2 heterocycles. The molecule has 2 aromatic heterocycles. The highest BCUT2D eigenvalue weighted by atomic mass is 19.1. The van der Waals surface area contributed by atoms with E-state index in [0.717, 1.165) is 23.8 Å². The van der Waals surface area contributed by atoms with Crippen LogP contribution < -0.4 is 4.74 Å². The number of benzene rings is 1. The number of nitrogens with zero attached hydrogens (tertiary/aromatic N) is 4. The average molecular weight is 328 g/mol. The molecule has 0 N–H and O–H groups in total. The largest absolute Gasteiger partial charge is 0.472 e. The van der Waals surface area contributed by atoms with Crippen molar-refractivity contribution in [1.29, 1.82) is 0 Å². The van der Waals surface area contributed by atoms with Crippen LogP contribution >= 0.6 is 0 Å². The first-order valence-electron chi connectivity index (χ1n) is 7.23. The van der Waals surface area contributed by atoms with Crippen LogP contribution in [0.2, 0.25) is 0 Å². The van der Waals surface area contributed by atoms with E-state index in [2.05, 4.69) is 19.9 Å². The van der Waals surface area contributed by atoms with Crippen LogP contribution in [0.1, 0.15) is 16.8 Å². The van der Waals surface area contributed by atoms with Gasteiger partial charge in [-0.15, -0.1) is 0 Å². The van der Waals surface area contributed by atoms with Crippen LogP contribution in [0.5, 0.6) is 5.88 Å². The minimum atomic E-state index is -0.533. The van der Waals surface area contributed by atoms with Gasteiger partial charge in [-0.1, -0.05) is 0 Å². The maximum atomic E-state index is 13.7. The quantitative estimate of drug-likeness (QED) is 0.734. The number of hydrogen-bond donors (Lipinski definition) is 0. The summed E-state index contributed by atoms with van der Waals surface area (Å²) in [6, 6.07) is 3.23. The Morgan fingerprint density at radius 1 is 1.08 bits per heavy atom. The number of aryl methyl sites for hydroxylation is 1. The molecular formula is C17H14F2N4O. The third kappa shape index (κ3) is 3.34. The summed E-state index contributed by atoms with van der Waals surface area (Å²) in [5.41, 5.74) is 2.05. The molecule has 7 heteroatoms. The van der Waals surface area contributed by atoms with Gasteiger partial charge in [-0.25, -0.2) is 18.7 Å². The maximum Gasteiger partial charge on any atom is 0.220 e. The van der Waals surface area contributed by atoms with Crippen molar-refractivity contribution in [3.05, 3.63) is 65.2 Å². The molecule has 0 amide bonds. The normalized spacial score (nSPS) is 10.7. The third-order valence-electron chi connectivity index (χ3n) is 3.51. The molecule has 0 unspecified atom stereocenters. The van der Waals surface area contributed by atoms with Gasteiger partial charge in [-0.05, 0) is 32.0 Å². The van der Waals surface area contributed by atoms with Crippen molar-refractivity contribution in [2.45, 2.75) is 20.5 Å². The lowest BCUT2D eigenvalue weighted by Crippen LogP contribution is -2.05. The first kappa shape index (κ1) is 15.9. The number of ether oxygens (including phenoxy) is 1. The molecule has 0 bridgehead atoms. The molecule has 0 fully saturated rings. The highest BCUT2D eigenvalue weighted by molar-refractivity contribution is 5.49. The second-order valence-electron chi connectivity index (χ2n) is 5.18. The minimum Gasteiger partial charge on any atom is -0.472 e. The van der Waals surface area contributed by atoms with Crippen LogP contribution in [-0.4, -0.2) is 19.9 Å². The van der Waals surface area contributed by atoms with Gasteiger partial charge < -0.3 is 4.74 Å². The predicted molar refractivity (Wildman–Crippen MR) is 83.2 cm³/mol. The number of aromatic nitrogens is 4. The minimum absolute atomic E-state index is 0.117. The van der Waals surface area contributed by atoms with Crippen molar-refractivity contribution in [2.24, 2.45) is 0 Å². The Balaban J connectivity index is 1.90. The summed E-state index contributed by atoms with van der Waals surface area (Å²) < 4.78 is 32.5. The van der Waals surface area contributed by atoms with Crippen molar-refractivity contribution in [3.8, 4) is 17.4 Å². The molecule has 0 atom stereocenters. The predicted octanol–water partition coefficient (Wildman–Crippen LogP) is 3.41. The highest BCUT2D eigenvalue weighted by Crippen LogP contribution is 2.23. The summed E-state index contributed by atoms with van der Waals surface area (Å²) in [5.74, 6) is -0.396. The number of hydrogen-bond acceptors (Lipinski definition) is 5. The van der Waals surface area contributed by atoms with Crippen LogP contribution in [0.15, 0.2) is 36.8 Å². The van der Waals surface area contributed by atoms with Gasteiger partial charge in [-0.2, -0.15) is 4.98 Å². The monoisotopic (exact) mass is 328 g/mol. The molecule has 1 aromatic carbocycles. The average Bonchev–Trinajstić information content (AvgIpc) is 2.59. The van der Waals surface area contributed by atoms with Crippen molar-refractivity contribution in [2.75, 3.05) is 0 Å². The topological polar surface area (TPSA) is 60.8 Å². The summed E-state index contributed by atoms with van der Waals surface area (Å²) in [7, 11) is 0. The molecule has 0 spiro atoms. The van der Waals surface area contributed by atoms with E-state index in [-0.39, 0.29) is 12.2 Å². The van der Waals surface area contributed by atoms with Gasteiger partial charge in [0, 0.05) is 29.2 Å². The van der Waals surface area contributed by atoms with E-state index in [4.69, 9.17) is 4.74 Å². The second-order valence-corrected chi connectivity index (χ2v) is 5.18. The van der Waals surface area contributed by atoms with Crippen LogP contribution in [0.4, 0.5) is 8.78 Å². The molecule has 24 heavy (non-hydrogen) atoms. The van der Waals surface area contributed by atoms with Crippen molar-refractivity contribution < 1.29 is 13.5 Å². The van der Waals surface area contributed by atoms with Crippen LogP contribution in [0, 0.1) is 25.5 Å². The van der Waals surface area contributed by atoms with Gasteiger partial charge in [0.15, 0.2) is 5.82 Å². The number of rotatable bonds is 4. The van der Waals surface area contributed by atoms with Crippen molar-refractivity contribution >= 4 is 0 Å². The van der Waals surface area contributed by atoms with Gasteiger partial charge in [0.05, 0.1) is 6.20 Å². The Labute approximate surface area is 137 Å². The van der Waals surface area contributed by atoms with Crippen molar-refractivity contribution in [1.82, 2.24) is 19.9 Å². The third-order valence-corrected chi connectivity index (χ3v) is 3.51. The number of halogens is 2. The summed E-state index contributed by atoms with van der Waals surface area (Å²) in [6.07, 6.45) is 4.63. The molecule has 3 aromatic rings. The smallest absolute Gasteiger partial charge is 0.220 e. The molecular weight excluding hydrogens is 314 g/mol. The SMILES string of the molecule is Cc1nc(-c2cnccn2)nc(OCc2cc(F)ccc2F)c1C. The molecule has 0 saturated heterocycles. The molecule has 3 rings (SSSR count). The van der Waals surface area contributed by atoms with Crippen molar-refractivity contribution in [3.63, 3.8) is 0 Å². The lowest BCUT2D eigenvalue weighted by molar-refractivity contribution is 0.284. The molecule has 0 aliphatic rings. The van der Waals surface area contributed by atoms with E-state index in [0.29, 0.717) is 23.1 Å².